The van der Waals surface area contributed by atoms with Crippen LogP contribution in [-0.4, -0.2) is 47.4 Å². The number of carbonyl (C=O) groups excluding carboxylic acids is 1. The van der Waals surface area contributed by atoms with Gasteiger partial charge in [-0.1, -0.05) is 0 Å². The van der Waals surface area contributed by atoms with Crippen LogP contribution in [0.2, 0.25) is 0 Å². The lowest BCUT2D eigenvalue weighted by molar-refractivity contribution is -0.135. The Morgan fingerprint density at radius 2 is 1.93 bits per heavy atom. The minimum atomic E-state index is -0.359. The van der Waals surface area contributed by atoms with E-state index in [1.54, 1.807) is 7.11 Å². The second-order valence-corrected chi connectivity index (χ2v) is 6.72. The van der Waals surface area contributed by atoms with Crippen LogP contribution in [0.1, 0.15) is 26.2 Å². The van der Waals surface area contributed by atoms with E-state index in [0.717, 1.165) is 37.1 Å². The molecule has 0 spiro atoms. The van der Waals surface area contributed by atoms with Gasteiger partial charge in [0.15, 0.2) is 5.75 Å². The first-order valence-corrected chi connectivity index (χ1v) is 9.13. The van der Waals surface area contributed by atoms with Crippen LogP contribution >= 0.6 is 0 Å². The molecule has 0 radical (unpaired) electrons. The average molecular weight is 371 g/mol. The lowest BCUT2D eigenvalue weighted by Gasteiger charge is -2.33. The molecule has 0 N–H and O–H groups in total. The third kappa shape index (κ3) is 4.13. The number of hydrogen-bond acceptors (Lipinski definition) is 5. The predicted octanol–water partition coefficient (Wildman–Crippen LogP) is 2.33. The van der Waals surface area contributed by atoms with Crippen molar-refractivity contribution in [2.45, 2.75) is 38.8 Å². The standard InChI is InChI=1S/C20H25N3O4/c1-14-6-4-5-11-22(14)19(25)13-23-18(24)12-17(27-3)20(21-23)15-7-9-16(26-2)10-8-15/h7-10,12,14H,4-6,11,13H2,1-3H3/t14-/m0/s1. The van der Waals surface area contributed by atoms with Crippen LogP contribution < -0.4 is 15.0 Å². The quantitative estimate of drug-likeness (QED) is 0.806. The van der Waals surface area contributed by atoms with E-state index in [1.165, 1.54) is 17.9 Å². The number of ether oxygens (including phenoxy) is 2. The van der Waals surface area contributed by atoms with Gasteiger partial charge in [-0.05, 0) is 50.5 Å². The molecule has 3 rings (SSSR count). The summed E-state index contributed by atoms with van der Waals surface area (Å²) in [6.45, 7) is 2.70. The van der Waals surface area contributed by atoms with E-state index < -0.39 is 0 Å². The number of nitrogens with zero attached hydrogens (tertiary/aromatic N) is 3. The zero-order chi connectivity index (χ0) is 19.4. The summed E-state index contributed by atoms with van der Waals surface area (Å²) in [7, 11) is 3.09. The van der Waals surface area contributed by atoms with Gasteiger partial charge in [0.1, 0.15) is 18.0 Å². The maximum Gasteiger partial charge on any atom is 0.270 e. The van der Waals surface area contributed by atoms with E-state index in [9.17, 15) is 9.59 Å². The fraction of sp³-hybridized carbons (Fsp3) is 0.450. The summed E-state index contributed by atoms with van der Waals surface area (Å²) in [6.07, 6.45) is 3.12. The van der Waals surface area contributed by atoms with Gasteiger partial charge in [-0.3, -0.25) is 9.59 Å². The Morgan fingerprint density at radius 3 is 2.56 bits per heavy atom. The maximum atomic E-state index is 12.7. The van der Waals surface area contributed by atoms with Crippen LogP contribution in [0.15, 0.2) is 35.1 Å². The number of aromatic nitrogens is 2. The first-order valence-electron chi connectivity index (χ1n) is 9.13. The van der Waals surface area contributed by atoms with Crippen molar-refractivity contribution < 1.29 is 14.3 Å². The topological polar surface area (TPSA) is 73.7 Å². The predicted molar refractivity (Wildman–Crippen MR) is 102 cm³/mol. The molecule has 1 amide bonds. The van der Waals surface area contributed by atoms with Crippen molar-refractivity contribution >= 4 is 5.91 Å². The summed E-state index contributed by atoms with van der Waals surface area (Å²) in [4.78, 5) is 26.9. The van der Waals surface area contributed by atoms with Gasteiger partial charge in [-0.25, -0.2) is 4.68 Å². The molecule has 144 valence electrons. The number of methoxy groups -OCH3 is 2. The molecule has 1 aromatic carbocycles. The van der Waals surface area contributed by atoms with E-state index in [-0.39, 0.29) is 24.1 Å². The van der Waals surface area contributed by atoms with E-state index >= 15 is 0 Å². The molecule has 1 atom stereocenters. The van der Waals surface area contributed by atoms with Crippen LogP contribution in [0.25, 0.3) is 11.3 Å². The zero-order valence-electron chi connectivity index (χ0n) is 16.0. The van der Waals surface area contributed by atoms with Crippen LogP contribution in [0.5, 0.6) is 11.5 Å². The highest BCUT2D eigenvalue weighted by atomic mass is 16.5. The lowest BCUT2D eigenvalue weighted by Crippen LogP contribution is -2.45. The number of amides is 1. The Morgan fingerprint density at radius 1 is 1.19 bits per heavy atom. The molecule has 0 unspecified atom stereocenters. The van der Waals surface area contributed by atoms with Crippen molar-refractivity contribution in [2.75, 3.05) is 20.8 Å². The first-order chi connectivity index (χ1) is 13.0. The van der Waals surface area contributed by atoms with Gasteiger partial charge in [0, 0.05) is 24.2 Å². The molecule has 0 aliphatic carbocycles. The number of rotatable bonds is 5. The zero-order valence-corrected chi connectivity index (χ0v) is 16.0. The second-order valence-electron chi connectivity index (χ2n) is 6.72. The summed E-state index contributed by atoms with van der Waals surface area (Å²) in [5.41, 5.74) is 0.932. The van der Waals surface area contributed by atoms with Crippen molar-refractivity contribution in [3.8, 4) is 22.8 Å². The Labute approximate surface area is 158 Å². The molecule has 7 heteroatoms. The molecule has 27 heavy (non-hydrogen) atoms. The van der Waals surface area contributed by atoms with E-state index in [4.69, 9.17) is 9.47 Å². The molecule has 2 heterocycles. The number of piperidine rings is 1. The van der Waals surface area contributed by atoms with Gasteiger partial charge < -0.3 is 14.4 Å². The molecule has 1 saturated heterocycles. The number of carbonyl (C=O) groups is 1. The molecule has 0 saturated carbocycles. The average Bonchev–Trinajstić information content (AvgIpc) is 2.69. The van der Waals surface area contributed by atoms with Gasteiger partial charge in [0.2, 0.25) is 5.91 Å². The van der Waals surface area contributed by atoms with E-state index in [2.05, 4.69) is 5.10 Å². The number of benzene rings is 1. The molecule has 1 aromatic heterocycles. The SMILES string of the molecule is COc1ccc(-c2nn(CC(=O)N3CCCC[C@@H]3C)c(=O)cc2OC)cc1. The highest BCUT2D eigenvalue weighted by molar-refractivity contribution is 5.76. The molecule has 1 aliphatic heterocycles. The molecule has 2 aromatic rings. The van der Waals surface area contributed by atoms with Crippen molar-refractivity contribution in [3.63, 3.8) is 0 Å². The normalized spacial score (nSPS) is 16.9. The van der Waals surface area contributed by atoms with Gasteiger partial charge in [-0.2, -0.15) is 5.10 Å². The fourth-order valence-corrected chi connectivity index (χ4v) is 3.38. The van der Waals surface area contributed by atoms with Gasteiger partial charge in [0.25, 0.3) is 5.56 Å². The Bertz CT molecular complexity index is 861. The summed E-state index contributed by atoms with van der Waals surface area (Å²) in [5, 5.41) is 4.42. The third-order valence-electron chi connectivity index (χ3n) is 4.95. The Hall–Kier alpha value is -2.83. The number of likely N-dealkylation sites (tertiary alicyclic amines) is 1. The largest absolute Gasteiger partial charge is 0.497 e. The highest BCUT2D eigenvalue weighted by Gasteiger charge is 2.24. The van der Waals surface area contributed by atoms with Crippen LogP contribution in [0, 0.1) is 0 Å². The summed E-state index contributed by atoms with van der Waals surface area (Å²) >= 11 is 0. The molecule has 7 nitrogen and oxygen atoms in total. The van der Waals surface area contributed by atoms with Gasteiger partial charge in [0.05, 0.1) is 14.2 Å². The summed E-state index contributed by atoms with van der Waals surface area (Å²) in [6, 6.07) is 8.87. The van der Waals surface area contributed by atoms with Crippen LogP contribution in [0.4, 0.5) is 0 Å². The summed E-state index contributed by atoms with van der Waals surface area (Å²) in [5.74, 6) is 1.02. The monoisotopic (exact) mass is 371 g/mol. The van der Waals surface area contributed by atoms with Crippen LogP contribution in [-0.2, 0) is 11.3 Å². The number of hydrogen-bond donors (Lipinski definition) is 0. The van der Waals surface area contributed by atoms with Gasteiger partial charge in [-0.15, -0.1) is 0 Å². The highest BCUT2D eigenvalue weighted by Crippen LogP contribution is 2.27. The van der Waals surface area contributed by atoms with Crippen molar-refractivity contribution in [2.24, 2.45) is 0 Å². The molecular weight excluding hydrogens is 346 g/mol. The van der Waals surface area contributed by atoms with Crippen LogP contribution in [0.3, 0.4) is 0 Å². The van der Waals surface area contributed by atoms with Crippen molar-refractivity contribution in [3.05, 3.63) is 40.7 Å². The van der Waals surface area contributed by atoms with Gasteiger partial charge >= 0.3 is 0 Å². The maximum absolute atomic E-state index is 12.7. The Kier molecular flexibility index (Phi) is 5.78. The fourth-order valence-electron chi connectivity index (χ4n) is 3.38. The lowest BCUT2D eigenvalue weighted by atomic mass is 10.0. The third-order valence-corrected chi connectivity index (χ3v) is 4.95. The second kappa shape index (κ2) is 8.24. The Balaban J connectivity index is 1.91. The molecule has 1 aliphatic rings. The van der Waals surface area contributed by atoms with E-state index in [1.807, 2.05) is 36.1 Å². The van der Waals surface area contributed by atoms with E-state index in [0.29, 0.717) is 11.4 Å². The minimum Gasteiger partial charge on any atom is -0.497 e. The van der Waals surface area contributed by atoms with Crippen molar-refractivity contribution in [1.29, 1.82) is 0 Å². The summed E-state index contributed by atoms with van der Waals surface area (Å²) < 4.78 is 11.7. The first kappa shape index (κ1) is 18.9. The molecule has 1 fully saturated rings. The molecular formula is C20H25N3O4. The minimum absolute atomic E-state index is 0.0731. The molecule has 0 bridgehead atoms. The van der Waals surface area contributed by atoms with Crippen molar-refractivity contribution in [1.82, 2.24) is 14.7 Å². The smallest absolute Gasteiger partial charge is 0.270 e.